The van der Waals surface area contributed by atoms with Gasteiger partial charge in [-0.2, -0.15) is 4.31 Å². The molecule has 2 aliphatic rings. The summed E-state index contributed by atoms with van der Waals surface area (Å²) in [4.78, 5) is 14.4. The third-order valence-electron chi connectivity index (χ3n) is 4.69. The number of carbonyl (C=O) groups excluding carboxylic acids is 1. The molecule has 7 nitrogen and oxygen atoms in total. The lowest BCUT2D eigenvalue weighted by atomic mass is 10.1. The highest BCUT2D eigenvalue weighted by atomic mass is 32.2. The Morgan fingerprint density at radius 1 is 1.08 bits per heavy atom. The molecule has 0 aliphatic carbocycles. The number of hydrogen-bond acceptors (Lipinski definition) is 5. The molecule has 8 heteroatoms. The molecule has 2 aliphatic heterocycles. The molecular formula is C18H20N2O5S. The zero-order chi connectivity index (χ0) is 18.3. The lowest BCUT2D eigenvalue weighted by Gasteiger charge is -2.44. The highest BCUT2D eigenvalue weighted by molar-refractivity contribution is 7.89. The van der Waals surface area contributed by atoms with Crippen LogP contribution in [0.2, 0.25) is 0 Å². The summed E-state index contributed by atoms with van der Waals surface area (Å²) >= 11 is 0. The van der Waals surface area contributed by atoms with E-state index in [1.807, 2.05) is 13.0 Å². The number of amides is 1. The van der Waals surface area contributed by atoms with Crippen LogP contribution >= 0.6 is 0 Å². The molecule has 138 valence electrons. The van der Waals surface area contributed by atoms with E-state index in [0.29, 0.717) is 18.0 Å². The maximum Gasteiger partial charge on any atom is 0.289 e. The number of aryl methyl sites for hydroxylation is 1. The molecule has 2 fully saturated rings. The Labute approximate surface area is 152 Å². The number of benzene rings is 1. The largest absolute Gasteiger partial charge is 0.459 e. The summed E-state index contributed by atoms with van der Waals surface area (Å²) in [7, 11) is -3.58. The summed E-state index contributed by atoms with van der Waals surface area (Å²) in [5.74, 6) is 0.0949. The van der Waals surface area contributed by atoms with Gasteiger partial charge in [-0.1, -0.05) is 12.1 Å². The minimum atomic E-state index is -3.58. The average molecular weight is 376 g/mol. The zero-order valence-corrected chi connectivity index (χ0v) is 15.2. The number of hydrogen-bond donors (Lipinski definition) is 0. The first-order valence-electron chi connectivity index (χ1n) is 8.48. The minimum Gasteiger partial charge on any atom is -0.459 e. The van der Waals surface area contributed by atoms with Crippen molar-refractivity contribution in [2.45, 2.75) is 24.0 Å². The number of rotatable bonds is 3. The molecule has 0 spiro atoms. The predicted molar refractivity (Wildman–Crippen MR) is 93.2 cm³/mol. The van der Waals surface area contributed by atoms with E-state index in [9.17, 15) is 13.2 Å². The Hall–Kier alpha value is -2.16. The van der Waals surface area contributed by atoms with E-state index in [2.05, 4.69) is 0 Å². The van der Waals surface area contributed by atoms with Crippen LogP contribution in [0.4, 0.5) is 0 Å². The zero-order valence-electron chi connectivity index (χ0n) is 14.4. The van der Waals surface area contributed by atoms with Gasteiger partial charge >= 0.3 is 0 Å². The Kier molecular flexibility index (Phi) is 4.34. The SMILES string of the molecule is Cc1cccc(S(=O)(=O)N2C[C@H]3CN(C(=O)c4ccco4)C[C@@H](C2)O3)c1. The molecule has 0 radical (unpaired) electrons. The second kappa shape index (κ2) is 6.53. The van der Waals surface area contributed by atoms with E-state index in [1.165, 1.54) is 10.6 Å². The lowest BCUT2D eigenvalue weighted by molar-refractivity contribution is -0.113. The van der Waals surface area contributed by atoms with Gasteiger partial charge in [0.25, 0.3) is 5.91 Å². The fraction of sp³-hybridized carbons (Fsp3) is 0.389. The van der Waals surface area contributed by atoms with E-state index in [1.54, 1.807) is 35.2 Å². The minimum absolute atomic E-state index is 0.191. The van der Waals surface area contributed by atoms with Crippen LogP contribution in [0.3, 0.4) is 0 Å². The molecule has 0 unspecified atom stereocenters. The van der Waals surface area contributed by atoms with Gasteiger partial charge in [0, 0.05) is 26.2 Å². The normalized spacial score (nSPS) is 23.8. The number of morpholine rings is 2. The van der Waals surface area contributed by atoms with E-state index < -0.39 is 10.0 Å². The van der Waals surface area contributed by atoms with E-state index in [4.69, 9.17) is 9.15 Å². The number of carbonyl (C=O) groups is 1. The molecule has 1 aromatic heterocycles. The second-order valence-electron chi connectivity index (χ2n) is 6.71. The average Bonchev–Trinajstić information content (AvgIpc) is 3.14. The van der Waals surface area contributed by atoms with Gasteiger partial charge in [0.15, 0.2) is 5.76 Å². The Bertz CT molecular complexity index is 895. The molecule has 3 heterocycles. The maximum absolute atomic E-state index is 12.9. The van der Waals surface area contributed by atoms with Gasteiger partial charge in [0.05, 0.1) is 23.4 Å². The highest BCUT2D eigenvalue weighted by Gasteiger charge is 2.41. The molecule has 1 aromatic carbocycles. The summed E-state index contributed by atoms with van der Waals surface area (Å²) in [6.07, 6.45) is 0.770. The van der Waals surface area contributed by atoms with Crippen LogP contribution in [-0.4, -0.2) is 61.9 Å². The van der Waals surface area contributed by atoms with Crippen LogP contribution in [0, 0.1) is 6.92 Å². The number of furan rings is 1. The van der Waals surface area contributed by atoms with Crippen LogP contribution in [0.25, 0.3) is 0 Å². The van der Waals surface area contributed by atoms with Crippen LogP contribution in [0.5, 0.6) is 0 Å². The molecule has 26 heavy (non-hydrogen) atoms. The molecule has 2 aromatic rings. The molecule has 2 saturated heterocycles. The van der Waals surface area contributed by atoms with Crippen molar-refractivity contribution >= 4 is 15.9 Å². The fourth-order valence-electron chi connectivity index (χ4n) is 3.50. The summed E-state index contributed by atoms with van der Waals surface area (Å²) in [5, 5.41) is 0. The van der Waals surface area contributed by atoms with Crippen molar-refractivity contribution in [2.24, 2.45) is 0 Å². The first kappa shape index (κ1) is 17.3. The van der Waals surface area contributed by atoms with Crippen LogP contribution in [-0.2, 0) is 14.8 Å². The van der Waals surface area contributed by atoms with Crippen molar-refractivity contribution in [3.63, 3.8) is 0 Å². The summed E-state index contributed by atoms with van der Waals surface area (Å²) in [6.45, 7) is 3.01. The van der Waals surface area contributed by atoms with Gasteiger partial charge < -0.3 is 14.1 Å². The van der Waals surface area contributed by atoms with Gasteiger partial charge in [-0.3, -0.25) is 4.79 Å². The first-order chi connectivity index (χ1) is 12.4. The van der Waals surface area contributed by atoms with Gasteiger partial charge in [0.1, 0.15) is 0 Å². The second-order valence-corrected chi connectivity index (χ2v) is 8.64. The van der Waals surface area contributed by atoms with Crippen molar-refractivity contribution < 1.29 is 22.4 Å². The molecular weight excluding hydrogens is 356 g/mol. The highest BCUT2D eigenvalue weighted by Crippen LogP contribution is 2.26. The van der Waals surface area contributed by atoms with Gasteiger partial charge in [-0.15, -0.1) is 0 Å². The van der Waals surface area contributed by atoms with Crippen molar-refractivity contribution in [1.82, 2.24) is 9.21 Å². The standard InChI is InChI=1S/C18H20N2O5S/c1-13-4-2-5-16(8-13)26(22,23)20-11-14-9-19(10-15(12-20)25-14)18(21)17-6-3-7-24-17/h2-8,14-15H,9-12H2,1H3/t14-,15+. The molecule has 2 bridgehead atoms. The van der Waals surface area contributed by atoms with Gasteiger partial charge in [0.2, 0.25) is 10.0 Å². The number of ether oxygens (including phenoxy) is 1. The molecule has 0 saturated carbocycles. The van der Waals surface area contributed by atoms with E-state index >= 15 is 0 Å². The Balaban J connectivity index is 1.51. The quantitative estimate of drug-likeness (QED) is 0.811. The first-order valence-corrected chi connectivity index (χ1v) is 9.92. The lowest BCUT2D eigenvalue weighted by Crippen LogP contribution is -2.61. The molecule has 1 amide bonds. The number of fused-ring (bicyclic) bond motifs is 2. The molecule has 0 N–H and O–H groups in total. The predicted octanol–water partition coefficient (Wildman–Crippen LogP) is 1.50. The van der Waals surface area contributed by atoms with Crippen molar-refractivity contribution in [3.05, 3.63) is 54.0 Å². The van der Waals surface area contributed by atoms with Crippen LogP contribution in [0.15, 0.2) is 52.0 Å². The monoisotopic (exact) mass is 376 g/mol. The van der Waals surface area contributed by atoms with E-state index in [0.717, 1.165) is 5.56 Å². The third kappa shape index (κ3) is 3.15. The molecule has 4 rings (SSSR count). The maximum atomic E-state index is 12.9. The van der Waals surface area contributed by atoms with E-state index in [-0.39, 0.29) is 37.0 Å². The topological polar surface area (TPSA) is 80.1 Å². The Morgan fingerprint density at radius 3 is 2.42 bits per heavy atom. The van der Waals surface area contributed by atoms with Crippen LogP contribution < -0.4 is 0 Å². The van der Waals surface area contributed by atoms with Gasteiger partial charge in [-0.05, 0) is 36.8 Å². The van der Waals surface area contributed by atoms with Crippen molar-refractivity contribution in [3.8, 4) is 0 Å². The number of nitrogens with zero attached hydrogens (tertiary/aromatic N) is 2. The fourth-order valence-corrected chi connectivity index (χ4v) is 5.11. The van der Waals surface area contributed by atoms with Crippen LogP contribution in [0.1, 0.15) is 16.1 Å². The van der Waals surface area contributed by atoms with Crippen molar-refractivity contribution in [1.29, 1.82) is 0 Å². The Morgan fingerprint density at radius 2 is 1.81 bits per heavy atom. The summed E-state index contributed by atoms with van der Waals surface area (Å²) < 4.78 is 38.4. The number of sulfonamides is 1. The summed E-state index contributed by atoms with van der Waals surface area (Å²) in [6, 6.07) is 10.2. The summed E-state index contributed by atoms with van der Waals surface area (Å²) in [5.41, 5.74) is 0.898. The van der Waals surface area contributed by atoms with Gasteiger partial charge in [-0.25, -0.2) is 8.42 Å². The third-order valence-corrected chi connectivity index (χ3v) is 6.52. The van der Waals surface area contributed by atoms with Crippen molar-refractivity contribution in [2.75, 3.05) is 26.2 Å². The molecule has 2 atom stereocenters. The smallest absolute Gasteiger partial charge is 0.289 e.